The van der Waals surface area contributed by atoms with Gasteiger partial charge in [0, 0.05) is 22.9 Å². The lowest BCUT2D eigenvalue weighted by atomic mass is 10.0. The first-order valence-electron chi connectivity index (χ1n) is 8.59. The van der Waals surface area contributed by atoms with E-state index in [9.17, 15) is 13.2 Å². The van der Waals surface area contributed by atoms with Gasteiger partial charge in [-0.15, -0.1) is 0 Å². The number of rotatable bonds is 6. The van der Waals surface area contributed by atoms with Crippen LogP contribution in [0.1, 0.15) is 47.3 Å². The van der Waals surface area contributed by atoms with Crippen molar-refractivity contribution in [3.8, 4) is 0 Å². The summed E-state index contributed by atoms with van der Waals surface area (Å²) >= 11 is 5.97. The maximum atomic E-state index is 13.2. The number of amides is 1. The Morgan fingerprint density at radius 2 is 1.85 bits per heavy atom. The van der Waals surface area contributed by atoms with Crippen LogP contribution in [0.2, 0.25) is 5.02 Å². The van der Waals surface area contributed by atoms with Crippen LogP contribution in [0.4, 0.5) is 0 Å². The lowest BCUT2D eigenvalue weighted by Gasteiger charge is -2.30. The molecule has 0 heterocycles. The second-order valence-electron chi connectivity index (χ2n) is 6.94. The predicted molar refractivity (Wildman–Crippen MR) is 104 cm³/mol. The molecular formula is C20H22ClNO3S. The van der Waals surface area contributed by atoms with E-state index >= 15 is 0 Å². The van der Waals surface area contributed by atoms with Crippen molar-refractivity contribution >= 4 is 27.3 Å². The number of benzene rings is 2. The van der Waals surface area contributed by atoms with Crippen LogP contribution in [0.15, 0.2) is 48.5 Å². The van der Waals surface area contributed by atoms with Crippen molar-refractivity contribution in [3.05, 3.63) is 70.2 Å². The molecule has 0 radical (unpaired) electrons. The van der Waals surface area contributed by atoms with Crippen LogP contribution in [0, 0.1) is 0 Å². The van der Waals surface area contributed by atoms with Crippen LogP contribution in [0.25, 0.3) is 0 Å². The summed E-state index contributed by atoms with van der Waals surface area (Å²) in [5.74, 6) is -0.130. The second-order valence-corrected chi connectivity index (χ2v) is 9.52. The van der Waals surface area contributed by atoms with E-state index in [1.54, 1.807) is 24.3 Å². The first-order chi connectivity index (χ1) is 12.2. The Morgan fingerprint density at radius 3 is 2.42 bits per heavy atom. The van der Waals surface area contributed by atoms with Crippen molar-refractivity contribution in [2.45, 2.75) is 37.6 Å². The normalized spacial score (nSPS) is 15.5. The molecule has 1 unspecified atom stereocenters. The molecule has 2 aromatic carbocycles. The number of carbonyl (C=O) groups is 1. The van der Waals surface area contributed by atoms with Crippen molar-refractivity contribution in [3.63, 3.8) is 0 Å². The summed E-state index contributed by atoms with van der Waals surface area (Å²) in [6, 6.07) is 14.6. The molecule has 3 rings (SSSR count). The summed E-state index contributed by atoms with van der Waals surface area (Å²) in [4.78, 5) is 15.1. The van der Waals surface area contributed by atoms with E-state index in [1.807, 2.05) is 36.1 Å². The number of halogens is 1. The summed E-state index contributed by atoms with van der Waals surface area (Å²) < 4.78 is 23.1. The molecule has 1 aliphatic rings. The molecule has 1 aliphatic carbocycles. The molecule has 0 aromatic heterocycles. The van der Waals surface area contributed by atoms with E-state index < -0.39 is 9.84 Å². The van der Waals surface area contributed by atoms with E-state index in [1.165, 1.54) is 6.26 Å². The fraction of sp³-hybridized carbons (Fsp3) is 0.350. The van der Waals surface area contributed by atoms with Gasteiger partial charge in [-0.1, -0.05) is 35.9 Å². The van der Waals surface area contributed by atoms with E-state index in [2.05, 4.69) is 0 Å². The molecular weight excluding hydrogens is 370 g/mol. The molecule has 1 saturated carbocycles. The Hall–Kier alpha value is -1.85. The van der Waals surface area contributed by atoms with Gasteiger partial charge in [0.15, 0.2) is 9.84 Å². The van der Waals surface area contributed by atoms with Crippen molar-refractivity contribution in [1.29, 1.82) is 0 Å². The molecule has 0 saturated heterocycles. The van der Waals surface area contributed by atoms with Gasteiger partial charge in [0.2, 0.25) is 0 Å². The predicted octanol–water partition coefficient (Wildman–Crippen LogP) is 4.25. The quantitative estimate of drug-likeness (QED) is 0.739. The van der Waals surface area contributed by atoms with Crippen LogP contribution >= 0.6 is 11.6 Å². The third-order valence-corrected chi connectivity index (χ3v) is 5.66. The van der Waals surface area contributed by atoms with Crippen LogP contribution < -0.4 is 0 Å². The monoisotopic (exact) mass is 391 g/mol. The molecule has 26 heavy (non-hydrogen) atoms. The standard InChI is InChI=1S/C20H22ClNO3S/c1-14(16-6-8-18(21)9-7-16)22(19-10-11-19)20(23)17-5-3-4-15(12-17)13-26(2,24)25/h3-9,12,14,19H,10-11,13H2,1-2H3. The molecule has 0 N–H and O–H groups in total. The number of nitrogens with zero attached hydrogens (tertiary/aromatic N) is 1. The van der Waals surface area contributed by atoms with Gasteiger partial charge in [-0.25, -0.2) is 8.42 Å². The second kappa shape index (κ2) is 7.41. The summed E-state index contributed by atoms with van der Waals surface area (Å²) in [7, 11) is -3.14. The highest BCUT2D eigenvalue weighted by Gasteiger charge is 2.36. The third kappa shape index (κ3) is 4.65. The highest BCUT2D eigenvalue weighted by Crippen LogP contribution is 2.36. The van der Waals surface area contributed by atoms with E-state index in [0.29, 0.717) is 16.1 Å². The van der Waals surface area contributed by atoms with E-state index in [4.69, 9.17) is 11.6 Å². The summed E-state index contributed by atoms with van der Waals surface area (Å²) in [5, 5.41) is 0.665. The molecule has 1 atom stereocenters. The maximum Gasteiger partial charge on any atom is 0.254 e. The maximum absolute atomic E-state index is 13.2. The van der Waals surface area contributed by atoms with Gasteiger partial charge in [-0.3, -0.25) is 4.79 Å². The Labute approximate surface area is 159 Å². The molecule has 1 fully saturated rings. The number of hydrogen-bond acceptors (Lipinski definition) is 3. The minimum absolute atomic E-state index is 0.0645. The van der Waals surface area contributed by atoms with E-state index in [0.717, 1.165) is 18.4 Å². The van der Waals surface area contributed by atoms with Gasteiger partial charge >= 0.3 is 0 Å². The van der Waals surface area contributed by atoms with Crippen LogP contribution in [-0.2, 0) is 15.6 Å². The lowest BCUT2D eigenvalue weighted by Crippen LogP contribution is -2.35. The topological polar surface area (TPSA) is 54.5 Å². The first kappa shape index (κ1) is 18.9. The van der Waals surface area contributed by atoms with Crippen LogP contribution in [-0.4, -0.2) is 31.5 Å². The zero-order chi connectivity index (χ0) is 18.9. The Bertz CT molecular complexity index is 905. The third-order valence-electron chi connectivity index (χ3n) is 4.55. The summed E-state index contributed by atoms with van der Waals surface area (Å²) in [6.45, 7) is 2.01. The number of carbonyl (C=O) groups excluding carboxylic acids is 1. The van der Waals surface area contributed by atoms with Gasteiger partial charge in [0.1, 0.15) is 0 Å². The van der Waals surface area contributed by atoms with Gasteiger partial charge in [-0.05, 0) is 55.2 Å². The molecule has 0 aliphatic heterocycles. The molecule has 2 aromatic rings. The molecule has 0 spiro atoms. The van der Waals surface area contributed by atoms with E-state index in [-0.39, 0.29) is 23.7 Å². The molecule has 0 bridgehead atoms. The number of hydrogen-bond donors (Lipinski definition) is 0. The zero-order valence-electron chi connectivity index (χ0n) is 14.9. The summed E-state index contributed by atoms with van der Waals surface area (Å²) in [6.07, 6.45) is 3.18. The van der Waals surface area contributed by atoms with Gasteiger partial charge in [0.05, 0.1) is 11.8 Å². The van der Waals surface area contributed by atoms with Crippen molar-refractivity contribution < 1.29 is 13.2 Å². The first-order valence-corrected chi connectivity index (χ1v) is 11.0. The summed E-state index contributed by atoms with van der Waals surface area (Å²) in [5.41, 5.74) is 2.19. The smallest absolute Gasteiger partial charge is 0.254 e. The Morgan fingerprint density at radius 1 is 1.19 bits per heavy atom. The number of sulfone groups is 1. The molecule has 6 heteroatoms. The Balaban J connectivity index is 1.88. The fourth-order valence-electron chi connectivity index (χ4n) is 3.16. The average molecular weight is 392 g/mol. The minimum atomic E-state index is -3.14. The zero-order valence-corrected chi connectivity index (χ0v) is 16.4. The molecule has 1 amide bonds. The van der Waals surface area contributed by atoms with Gasteiger partial charge < -0.3 is 4.90 Å². The highest BCUT2D eigenvalue weighted by atomic mass is 35.5. The van der Waals surface area contributed by atoms with Gasteiger partial charge in [-0.2, -0.15) is 0 Å². The fourth-order valence-corrected chi connectivity index (χ4v) is 4.07. The lowest BCUT2D eigenvalue weighted by molar-refractivity contribution is 0.0674. The molecule has 4 nitrogen and oxygen atoms in total. The highest BCUT2D eigenvalue weighted by molar-refractivity contribution is 7.89. The van der Waals surface area contributed by atoms with Gasteiger partial charge in [0.25, 0.3) is 5.91 Å². The van der Waals surface area contributed by atoms with Crippen LogP contribution in [0.5, 0.6) is 0 Å². The molecule has 138 valence electrons. The Kier molecular flexibility index (Phi) is 5.39. The largest absolute Gasteiger partial charge is 0.329 e. The van der Waals surface area contributed by atoms with Crippen molar-refractivity contribution in [1.82, 2.24) is 4.90 Å². The van der Waals surface area contributed by atoms with Crippen molar-refractivity contribution in [2.75, 3.05) is 6.26 Å². The SMILES string of the molecule is CC(c1ccc(Cl)cc1)N(C(=O)c1cccc(CS(C)(=O)=O)c1)C1CC1. The van der Waals surface area contributed by atoms with Crippen molar-refractivity contribution in [2.24, 2.45) is 0 Å². The van der Waals surface area contributed by atoms with Crippen LogP contribution in [0.3, 0.4) is 0 Å². The average Bonchev–Trinajstić information content (AvgIpc) is 3.39. The minimum Gasteiger partial charge on any atom is -0.329 e.